The lowest BCUT2D eigenvalue weighted by atomic mass is 9.87. The van der Waals surface area contributed by atoms with Crippen LogP contribution in [0.25, 0.3) is 10.9 Å². The Bertz CT molecular complexity index is 834. The summed E-state index contributed by atoms with van der Waals surface area (Å²) in [6, 6.07) is 7.65. The highest BCUT2D eigenvalue weighted by Crippen LogP contribution is 2.28. The van der Waals surface area contributed by atoms with E-state index in [9.17, 15) is 9.59 Å². The van der Waals surface area contributed by atoms with Crippen LogP contribution in [0.2, 0.25) is 0 Å². The van der Waals surface area contributed by atoms with Gasteiger partial charge in [-0.25, -0.2) is 0 Å². The van der Waals surface area contributed by atoms with Crippen LogP contribution >= 0.6 is 0 Å². The number of hydrogen-bond donors (Lipinski definition) is 2. The Hall–Kier alpha value is -2.34. The molecule has 2 atom stereocenters. The predicted molar refractivity (Wildman–Crippen MR) is 99.5 cm³/mol. The molecule has 1 saturated heterocycles. The maximum Gasteiger partial charge on any atom is 0.305 e. The molecule has 1 aliphatic heterocycles. The molecule has 6 nitrogen and oxygen atoms in total. The summed E-state index contributed by atoms with van der Waals surface area (Å²) in [5.74, 6) is -1.08. The first-order valence-electron chi connectivity index (χ1n) is 8.88. The zero-order valence-electron chi connectivity index (χ0n) is 15.7. The van der Waals surface area contributed by atoms with Crippen molar-refractivity contribution in [2.75, 3.05) is 13.7 Å². The third kappa shape index (κ3) is 3.60. The largest absolute Gasteiger partial charge is 0.481 e. The molecule has 0 radical (unpaired) electrons. The molecule has 2 N–H and O–H groups in total. The highest BCUT2D eigenvalue weighted by atomic mass is 16.5. The van der Waals surface area contributed by atoms with Gasteiger partial charge in [-0.3, -0.25) is 9.59 Å². The number of nitrogens with zero attached hydrogens (tertiary/aromatic N) is 1. The molecular formula is C20H26N2O4. The molecule has 2 heterocycles. The Morgan fingerprint density at radius 3 is 2.65 bits per heavy atom. The molecule has 2 unspecified atom stereocenters. The number of hydrogen-bond acceptors (Lipinski definition) is 3. The summed E-state index contributed by atoms with van der Waals surface area (Å²) < 4.78 is 5.35. The Labute approximate surface area is 153 Å². The van der Waals surface area contributed by atoms with E-state index in [4.69, 9.17) is 9.84 Å². The van der Waals surface area contributed by atoms with Crippen molar-refractivity contribution in [3.05, 3.63) is 35.5 Å². The van der Waals surface area contributed by atoms with Crippen LogP contribution in [-0.4, -0.2) is 52.7 Å². The number of ether oxygens (including phenoxy) is 1. The zero-order chi connectivity index (χ0) is 19.1. The number of aromatic nitrogens is 1. The summed E-state index contributed by atoms with van der Waals surface area (Å²) in [6.45, 7) is 6.86. The van der Waals surface area contributed by atoms with E-state index in [-0.39, 0.29) is 29.9 Å². The fourth-order valence-electron chi connectivity index (χ4n) is 3.55. The number of methoxy groups -OCH3 is 1. The predicted octanol–water partition coefficient (Wildman–Crippen LogP) is 3.17. The van der Waals surface area contributed by atoms with E-state index in [1.165, 1.54) is 5.56 Å². The number of nitrogens with one attached hydrogen (secondary N) is 1. The van der Waals surface area contributed by atoms with Crippen molar-refractivity contribution < 1.29 is 19.4 Å². The number of carbonyl (C=O) groups excluding carboxylic acids is 1. The number of aromatic amines is 1. The molecule has 0 bridgehead atoms. The molecule has 1 fully saturated rings. The Morgan fingerprint density at radius 1 is 1.31 bits per heavy atom. The van der Waals surface area contributed by atoms with Gasteiger partial charge >= 0.3 is 5.97 Å². The number of likely N-dealkylation sites (tertiary alicyclic amines) is 1. The van der Waals surface area contributed by atoms with Crippen molar-refractivity contribution in [3.8, 4) is 0 Å². The Morgan fingerprint density at radius 2 is 2.04 bits per heavy atom. The van der Waals surface area contributed by atoms with Crippen molar-refractivity contribution in [3.63, 3.8) is 0 Å². The SMILES string of the molecule is COC1CC(CC(=O)O)N(C(=O)c2cc3ccc(C(C)(C)C)cc3[nH]2)C1. The second-order valence-electron chi connectivity index (χ2n) is 8.04. The number of benzene rings is 1. The summed E-state index contributed by atoms with van der Waals surface area (Å²) in [6.07, 6.45) is 0.350. The summed E-state index contributed by atoms with van der Waals surface area (Å²) in [4.78, 5) is 29.0. The molecule has 0 spiro atoms. The number of carbonyl (C=O) groups is 2. The van der Waals surface area contributed by atoms with Crippen LogP contribution < -0.4 is 0 Å². The molecular weight excluding hydrogens is 332 g/mol. The molecule has 1 aliphatic rings. The standard InChI is InChI=1S/C20H26N2O4/c1-20(2,3)13-6-5-12-7-17(21-16(12)8-13)19(25)22-11-15(26-4)9-14(22)10-18(23)24/h5-8,14-15,21H,9-11H2,1-4H3,(H,23,24). The third-order valence-corrected chi connectivity index (χ3v) is 5.10. The van der Waals surface area contributed by atoms with Gasteiger partial charge in [-0.05, 0) is 29.5 Å². The van der Waals surface area contributed by atoms with Crippen molar-refractivity contribution in [1.29, 1.82) is 0 Å². The molecule has 26 heavy (non-hydrogen) atoms. The summed E-state index contributed by atoms with van der Waals surface area (Å²) >= 11 is 0. The van der Waals surface area contributed by atoms with Gasteiger partial charge in [0.25, 0.3) is 5.91 Å². The van der Waals surface area contributed by atoms with Gasteiger partial charge in [0.15, 0.2) is 0 Å². The fourth-order valence-corrected chi connectivity index (χ4v) is 3.55. The number of H-pyrrole nitrogens is 1. The number of fused-ring (bicyclic) bond motifs is 1. The van der Waals surface area contributed by atoms with Crippen LogP contribution in [0.3, 0.4) is 0 Å². The normalized spacial score (nSPS) is 20.7. The first kappa shape index (κ1) is 18.5. The van der Waals surface area contributed by atoms with Gasteiger partial charge in [0.1, 0.15) is 5.69 Å². The molecule has 1 aromatic carbocycles. The molecule has 140 valence electrons. The van der Waals surface area contributed by atoms with Crippen molar-refractivity contribution in [1.82, 2.24) is 9.88 Å². The Kier molecular flexibility index (Phi) is 4.80. The maximum absolute atomic E-state index is 13.0. The van der Waals surface area contributed by atoms with Crippen LogP contribution in [0.15, 0.2) is 24.3 Å². The molecule has 1 aromatic heterocycles. The van der Waals surface area contributed by atoms with Crippen LogP contribution in [0.1, 0.15) is 49.7 Å². The van der Waals surface area contributed by atoms with Crippen LogP contribution in [0.5, 0.6) is 0 Å². The minimum Gasteiger partial charge on any atom is -0.481 e. The van der Waals surface area contributed by atoms with Crippen molar-refractivity contribution >= 4 is 22.8 Å². The second kappa shape index (κ2) is 6.76. The minimum atomic E-state index is -0.906. The lowest BCUT2D eigenvalue weighted by molar-refractivity contribution is -0.138. The van der Waals surface area contributed by atoms with Crippen molar-refractivity contribution in [2.24, 2.45) is 0 Å². The number of amides is 1. The zero-order valence-corrected chi connectivity index (χ0v) is 15.7. The van der Waals surface area contributed by atoms with Gasteiger partial charge in [0.05, 0.1) is 12.5 Å². The molecule has 0 aliphatic carbocycles. The number of aliphatic carboxylic acids is 1. The van der Waals surface area contributed by atoms with Crippen LogP contribution in [0.4, 0.5) is 0 Å². The smallest absolute Gasteiger partial charge is 0.305 e. The van der Waals surface area contributed by atoms with Crippen LogP contribution in [-0.2, 0) is 14.9 Å². The Balaban J connectivity index is 1.89. The van der Waals surface area contributed by atoms with Gasteiger partial charge in [-0.1, -0.05) is 32.9 Å². The average Bonchev–Trinajstić information content (AvgIpc) is 3.15. The molecule has 3 rings (SSSR count). The lowest BCUT2D eigenvalue weighted by Gasteiger charge is -2.22. The van der Waals surface area contributed by atoms with E-state index in [1.807, 2.05) is 12.1 Å². The quantitative estimate of drug-likeness (QED) is 0.879. The minimum absolute atomic E-state index is 0.0245. The second-order valence-corrected chi connectivity index (χ2v) is 8.04. The van der Waals surface area contributed by atoms with E-state index in [0.717, 1.165) is 10.9 Å². The van der Waals surface area contributed by atoms with E-state index in [2.05, 4.69) is 37.9 Å². The molecule has 2 aromatic rings. The van der Waals surface area contributed by atoms with E-state index >= 15 is 0 Å². The van der Waals surface area contributed by atoms with Gasteiger partial charge in [-0.2, -0.15) is 0 Å². The molecule has 1 amide bonds. The number of carboxylic acid groups (broad SMARTS) is 1. The third-order valence-electron chi connectivity index (χ3n) is 5.10. The monoisotopic (exact) mass is 358 g/mol. The van der Waals surface area contributed by atoms with Gasteiger partial charge < -0.3 is 19.7 Å². The van der Waals surface area contributed by atoms with Crippen molar-refractivity contribution in [2.45, 2.75) is 51.2 Å². The lowest BCUT2D eigenvalue weighted by Crippen LogP contribution is -2.37. The number of rotatable bonds is 4. The van der Waals surface area contributed by atoms with Crippen LogP contribution in [0, 0.1) is 0 Å². The summed E-state index contributed by atoms with van der Waals surface area (Å²) in [5.41, 5.74) is 2.61. The highest BCUT2D eigenvalue weighted by molar-refractivity contribution is 5.98. The van der Waals surface area contributed by atoms with E-state index in [1.54, 1.807) is 12.0 Å². The topological polar surface area (TPSA) is 82.6 Å². The number of carboxylic acids is 1. The maximum atomic E-state index is 13.0. The molecule has 6 heteroatoms. The van der Waals surface area contributed by atoms with E-state index < -0.39 is 5.97 Å². The van der Waals surface area contributed by atoms with Gasteiger partial charge in [0, 0.05) is 30.6 Å². The first-order valence-corrected chi connectivity index (χ1v) is 8.88. The van der Waals surface area contributed by atoms with E-state index in [0.29, 0.717) is 18.7 Å². The van der Waals surface area contributed by atoms with Gasteiger partial charge in [-0.15, -0.1) is 0 Å². The fraction of sp³-hybridized carbons (Fsp3) is 0.500. The summed E-state index contributed by atoms with van der Waals surface area (Å²) in [7, 11) is 1.59. The summed E-state index contributed by atoms with van der Waals surface area (Å²) in [5, 5.41) is 10.1. The highest BCUT2D eigenvalue weighted by Gasteiger charge is 2.37. The van der Waals surface area contributed by atoms with Gasteiger partial charge in [0.2, 0.25) is 0 Å². The average molecular weight is 358 g/mol. The molecule has 0 saturated carbocycles. The first-order chi connectivity index (χ1) is 12.2.